The van der Waals surface area contributed by atoms with E-state index in [9.17, 15) is 14.4 Å². The van der Waals surface area contributed by atoms with Gasteiger partial charge in [-0.3, -0.25) is 19.1 Å². The van der Waals surface area contributed by atoms with Gasteiger partial charge in [0.05, 0.1) is 5.75 Å². The van der Waals surface area contributed by atoms with Crippen molar-refractivity contribution in [3.63, 3.8) is 0 Å². The van der Waals surface area contributed by atoms with Gasteiger partial charge in [0.1, 0.15) is 0 Å². The molecule has 1 N–H and O–H groups in total. The summed E-state index contributed by atoms with van der Waals surface area (Å²) in [6.45, 7) is 0.460. The Kier molecular flexibility index (Phi) is 6.11. The molecule has 7 nitrogen and oxygen atoms in total. The minimum Gasteiger partial charge on any atom is -0.313 e. The largest absolute Gasteiger partial charge is 0.329 e. The van der Waals surface area contributed by atoms with Gasteiger partial charge in [-0.05, 0) is 24.1 Å². The Morgan fingerprint density at radius 1 is 1.10 bits per heavy atom. The Balaban J connectivity index is 1.68. The zero-order chi connectivity index (χ0) is 22.0. The molecular formula is C22H19ClN4O3S. The lowest BCUT2D eigenvalue weighted by molar-refractivity contribution is 0.102. The molecule has 0 amide bonds. The van der Waals surface area contributed by atoms with Crippen LogP contribution in [0.1, 0.15) is 15.9 Å². The molecule has 0 fully saturated rings. The number of halogens is 1. The molecule has 0 aliphatic heterocycles. The molecule has 0 atom stereocenters. The van der Waals surface area contributed by atoms with E-state index in [4.69, 9.17) is 11.6 Å². The number of carbonyl (C=O) groups excluding carboxylic acids is 1. The van der Waals surface area contributed by atoms with Crippen molar-refractivity contribution in [3.05, 3.63) is 91.6 Å². The van der Waals surface area contributed by atoms with Crippen LogP contribution < -0.4 is 11.2 Å². The predicted molar refractivity (Wildman–Crippen MR) is 122 cm³/mol. The summed E-state index contributed by atoms with van der Waals surface area (Å²) in [6, 6.07) is 16.5. The highest BCUT2D eigenvalue weighted by Gasteiger charge is 2.19. The van der Waals surface area contributed by atoms with Crippen LogP contribution in [0.4, 0.5) is 0 Å². The van der Waals surface area contributed by atoms with Gasteiger partial charge in [-0.2, -0.15) is 0 Å². The highest BCUT2D eigenvalue weighted by Crippen LogP contribution is 2.23. The molecule has 0 saturated heterocycles. The number of nitrogens with zero attached hydrogens (tertiary/aromatic N) is 3. The van der Waals surface area contributed by atoms with Gasteiger partial charge in [-0.15, -0.1) is 0 Å². The first-order valence-electron chi connectivity index (χ1n) is 9.59. The van der Waals surface area contributed by atoms with Crippen molar-refractivity contribution < 1.29 is 4.79 Å². The molecule has 0 unspecified atom stereocenters. The molecule has 2 aromatic carbocycles. The van der Waals surface area contributed by atoms with E-state index < -0.39 is 11.2 Å². The van der Waals surface area contributed by atoms with Gasteiger partial charge >= 0.3 is 5.69 Å². The summed E-state index contributed by atoms with van der Waals surface area (Å²) in [5, 5.41) is 1.17. The zero-order valence-electron chi connectivity index (χ0n) is 16.7. The highest BCUT2D eigenvalue weighted by atomic mass is 35.5. The van der Waals surface area contributed by atoms with Gasteiger partial charge in [0.15, 0.2) is 22.1 Å². The maximum atomic E-state index is 12.6. The van der Waals surface area contributed by atoms with Crippen LogP contribution in [0.2, 0.25) is 5.02 Å². The Morgan fingerprint density at radius 3 is 2.52 bits per heavy atom. The summed E-state index contributed by atoms with van der Waals surface area (Å²) in [4.78, 5) is 44.0. The fraction of sp³-hybridized carbons (Fsp3) is 0.182. The number of hydrogen-bond donors (Lipinski definition) is 1. The minimum absolute atomic E-state index is 0.0373. The number of benzene rings is 2. The normalized spacial score (nSPS) is 11.2. The summed E-state index contributed by atoms with van der Waals surface area (Å²) in [5.74, 6) is 0.129. The molecular weight excluding hydrogens is 436 g/mol. The fourth-order valence-electron chi connectivity index (χ4n) is 3.26. The number of H-pyrrole nitrogens is 1. The van der Waals surface area contributed by atoms with E-state index in [2.05, 4.69) is 9.97 Å². The quantitative estimate of drug-likeness (QED) is 0.342. The van der Waals surface area contributed by atoms with E-state index in [1.807, 2.05) is 42.5 Å². The van der Waals surface area contributed by atoms with Crippen LogP contribution >= 0.6 is 23.4 Å². The maximum absolute atomic E-state index is 12.6. The number of rotatable bonds is 7. The summed E-state index contributed by atoms with van der Waals surface area (Å²) in [6.07, 6.45) is 0.630. The Bertz CT molecular complexity index is 1360. The van der Waals surface area contributed by atoms with Crippen molar-refractivity contribution >= 4 is 40.3 Å². The van der Waals surface area contributed by atoms with Crippen molar-refractivity contribution in [2.75, 3.05) is 5.75 Å². The van der Waals surface area contributed by atoms with Gasteiger partial charge in [0, 0.05) is 24.2 Å². The molecule has 4 rings (SSSR count). The molecule has 0 radical (unpaired) electrons. The molecule has 2 heterocycles. The third kappa shape index (κ3) is 4.50. The first kappa shape index (κ1) is 21.1. The number of imidazole rings is 1. The van der Waals surface area contributed by atoms with Gasteiger partial charge < -0.3 is 4.57 Å². The number of Topliss-reactive ketones (excluding diaryl/α,β-unsaturated/α-hetero) is 1. The van der Waals surface area contributed by atoms with E-state index in [-0.39, 0.29) is 11.5 Å². The Morgan fingerprint density at radius 2 is 1.81 bits per heavy atom. The van der Waals surface area contributed by atoms with Gasteiger partial charge in [-0.1, -0.05) is 65.8 Å². The third-order valence-corrected chi connectivity index (χ3v) is 6.17. The van der Waals surface area contributed by atoms with Crippen LogP contribution in [-0.2, 0) is 20.0 Å². The maximum Gasteiger partial charge on any atom is 0.329 e. The van der Waals surface area contributed by atoms with Crippen molar-refractivity contribution in [1.82, 2.24) is 19.1 Å². The second-order valence-electron chi connectivity index (χ2n) is 6.99. The first-order valence-corrected chi connectivity index (χ1v) is 11.0. The number of aryl methyl sites for hydroxylation is 3. The standard InChI is InChI=1S/C22H19ClN4O3S/c1-26-19-18(20(29)25-21(26)30)27(12-11-14-7-9-16(23)10-8-14)22(24-19)31-13-17(28)15-5-3-2-4-6-15/h2-10H,11-13H2,1H3,(H,25,29,30). The average Bonchev–Trinajstić information content (AvgIpc) is 3.15. The number of aromatic nitrogens is 4. The number of hydrogen-bond acceptors (Lipinski definition) is 5. The van der Waals surface area contributed by atoms with Crippen LogP contribution in [0.3, 0.4) is 0 Å². The summed E-state index contributed by atoms with van der Waals surface area (Å²) in [5.41, 5.74) is 1.23. The molecule has 0 saturated carbocycles. The van der Waals surface area contributed by atoms with Crippen LogP contribution in [0.25, 0.3) is 11.2 Å². The number of thioether (sulfide) groups is 1. The molecule has 31 heavy (non-hydrogen) atoms. The number of fused-ring (bicyclic) bond motifs is 1. The molecule has 0 bridgehead atoms. The second-order valence-corrected chi connectivity index (χ2v) is 8.37. The van der Waals surface area contributed by atoms with Gasteiger partial charge in [-0.25, -0.2) is 9.78 Å². The second kappa shape index (κ2) is 8.95. The average molecular weight is 455 g/mol. The minimum atomic E-state index is -0.531. The third-order valence-electron chi connectivity index (χ3n) is 4.94. The lowest BCUT2D eigenvalue weighted by Gasteiger charge is -2.09. The van der Waals surface area contributed by atoms with E-state index in [0.717, 1.165) is 5.56 Å². The van der Waals surface area contributed by atoms with Crippen LogP contribution in [0.15, 0.2) is 69.3 Å². The monoisotopic (exact) mass is 454 g/mol. The molecule has 158 valence electrons. The molecule has 4 aromatic rings. The van der Waals surface area contributed by atoms with Gasteiger partial charge in [0.2, 0.25) is 0 Å². The molecule has 9 heteroatoms. The fourth-order valence-corrected chi connectivity index (χ4v) is 4.30. The molecule has 0 aliphatic carbocycles. The van der Waals surface area contributed by atoms with Crippen molar-refractivity contribution in [3.8, 4) is 0 Å². The summed E-state index contributed by atoms with van der Waals surface area (Å²) < 4.78 is 3.07. The van der Waals surface area contributed by atoms with Gasteiger partial charge in [0.25, 0.3) is 5.56 Å². The molecule has 2 aromatic heterocycles. The number of aromatic amines is 1. The number of ketones is 1. The van der Waals surface area contributed by atoms with E-state index in [0.29, 0.717) is 39.9 Å². The smallest absolute Gasteiger partial charge is 0.313 e. The molecule has 0 spiro atoms. The highest BCUT2D eigenvalue weighted by molar-refractivity contribution is 7.99. The predicted octanol–water partition coefficient (Wildman–Crippen LogP) is 3.29. The zero-order valence-corrected chi connectivity index (χ0v) is 18.2. The summed E-state index contributed by atoms with van der Waals surface area (Å²) >= 11 is 7.21. The SMILES string of the molecule is Cn1c(=O)[nH]c(=O)c2c1nc(SCC(=O)c1ccccc1)n2CCc1ccc(Cl)cc1. The Hall–Kier alpha value is -3.10. The first-order chi connectivity index (χ1) is 14.9. The van der Waals surface area contributed by atoms with Crippen molar-refractivity contribution in [2.45, 2.75) is 18.1 Å². The van der Waals surface area contributed by atoms with E-state index in [1.54, 1.807) is 23.7 Å². The van der Waals surface area contributed by atoms with E-state index in [1.165, 1.54) is 16.3 Å². The van der Waals surface area contributed by atoms with Crippen molar-refractivity contribution in [1.29, 1.82) is 0 Å². The molecule has 0 aliphatic rings. The van der Waals surface area contributed by atoms with Crippen LogP contribution in [0.5, 0.6) is 0 Å². The topological polar surface area (TPSA) is 89.8 Å². The number of nitrogens with one attached hydrogen (secondary N) is 1. The Labute approximate surface area is 186 Å². The van der Waals surface area contributed by atoms with Crippen LogP contribution in [0, 0.1) is 0 Å². The van der Waals surface area contributed by atoms with E-state index >= 15 is 0 Å². The number of carbonyl (C=O) groups is 1. The van der Waals surface area contributed by atoms with Crippen molar-refractivity contribution in [2.24, 2.45) is 7.05 Å². The van der Waals surface area contributed by atoms with Crippen LogP contribution in [-0.4, -0.2) is 30.6 Å². The lowest BCUT2D eigenvalue weighted by Crippen LogP contribution is -2.29. The summed E-state index contributed by atoms with van der Waals surface area (Å²) in [7, 11) is 1.56. The lowest BCUT2D eigenvalue weighted by atomic mass is 10.1.